The molecule has 3 rings (SSSR count). The summed E-state index contributed by atoms with van der Waals surface area (Å²) in [4.78, 5) is 0. The summed E-state index contributed by atoms with van der Waals surface area (Å²) in [6, 6.07) is 9.56. The third-order valence-corrected chi connectivity index (χ3v) is 4.09. The van der Waals surface area contributed by atoms with Gasteiger partial charge in [-0.1, -0.05) is 12.1 Å². The standard InChI is InChI=1S/C16H20FN3/c1-20-8-7-16(19-20)11-18-15-6-5-13(10-15)12-3-2-4-14(17)9-12/h2-4,7-9,13,15,18H,5-6,10-11H2,1H3/t13-,15+/m1/s1. The van der Waals surface area contributed by atoms with Gasteiger partial charge >= 0.3 is 0 Å². The first-order valence-corrected chi connectivity index (χ1v) is 7.18. The molecule has 106 valence electrons. The molecule has 0 spiro atoms. The molecule has 0 radical (unpaired) electrons. The van der Waals surface area contributed by atoms with Crippen molar-refractivity contribution in [3.8, 4) is 0 Å². The molecule has 0 amide bonds. The van der Waals surface area contributed by atoms with Crippen LogP contribution in [-0.2, 0) is 13.6 Å². The number of rotatable bonds is 4. The molecule has 1 heterocycles. The molecular weight excluding hydrogens is 253 g/mol. The minimum absolute atomic E-state index is 0.132. The molecule has 1 aromatic heterocycles. The van der Waals surface area contributed by atoms with E-state index < -0.39 is 0 Å². The van der Waals surface area contributed by atoms with E-state index in [1.54, 1.807) is 12.1 Å². The second kappa shape index (κ2) is 5.75. The first-order chi connectivity index (χ1) is 9.70. The van der Waals surface area contributed by atoms with Crippen LogP contribution in [0.4, 0.5) is 4.39 Å². The lowest BCUT2D eigenvalue weighted by atomic mass is 9.97. The maximum atomic E-state index is 13.3. The van der Waals surface area contributed by atoms with Crippen LogP contribution in [0.25, 0.3) is 0 Å². The summed E-state index contributed by atoms with van der Waals surface area (Å²) in [6.45, 7) is 0.807. The van der Waals surface area contributed by atoms with Crippen molar-refractivity contribution in [2.45, 2.75) is 37.8 Å². The SMILES string of the molecule is Cn1ccc(CN[C@H]2CC[C@@H](c3cccc(F)c3)C2)n1. The molecule has 0 saturated heterocycles. The largest absolute Gasteiger partial charge is 0.308 e. The summed E-state index contributed by atoms with van der Waals surface area (Å²) in [6.07, 6.45) is 5.31. The Morgan fingerprint density at radius 3 is 3.00 bits per heavy atom. The van der Waals surface area contributed by atoms with Crippen molar-refractivity contribution in [2.24, 2.45) is 7.05 Å². The van der Waals surface area contributed by atoms with Crippen LogP contribution in [0.1, 0.15) is 36.4 Å². The Morgan fingerprint density at radius 1 is 1.35 bits per heavy atom. The van der Waals surface area contributed by atoms with Gasteiger partial charge in [-0.15, -0.1) is 0 Å². The minimum atomic E-state index is -0.132. The highest BCUT2D eigenvalue weighted by atomic mass is 19.1. The zero-order valence-electron chi connectivity index (χ0n) is 11.7. The molecule has 20 heavy (non-hydrogen) atoms. The van der Waals surface area contributed by atoms with E-state index in [9.17, 15) is 4.39 Å². The van der Waals surface area contributed by atoms with Gasteiger partial charge in [0.2, 0.25) is 0 Å². The Labute approximate surface area is 118 Å². The lowest BCUT2D eigenvalue weighted by molar-refractivity contribution is 0.509. The molecule has 2 atom stereocenters. The molecule has 1 aromatic carbocycles. The van der Waals surface area contributed by atoms with Crippen LogP contribution in [-0.4, -0.2) is 15.8 Å². The molecule has 0 aliphatic heterocycles. The van der Waals surface area contributed by atoms with Crippen molar-refractivity contribution in [2.75, 3.05) is 0 Å². The van der Waals surface area contributed by atoms with Gasteiger partial charge in [-0.25, -0.2) is 4.39 Å². The smallest absolute Gasteiger partial charge is 0.123 e. The molecule has 1 saturated carbocycles. The Hall–Kier alpha value is -1.68. The maximum Gasteiger partial charge on any atom is 0.123 e. The molecule has 1 aliphatic rings. The molecule has 0 unspecified atom stereocenters. The van der Waals surface area contributed by atoms with Crippen LogP contribution in [0.3, 0.4) is 0 Å². The zero-order valence-corrected chi connectivity index (χ0v) is 11.7. The van der Waals surface area contributed by atoms with Crippen molar-refractivity contribution in [3.63, 3.8) is 0 Å². The van der Waals surface area contributed by atoms with Crippen molar-refractivity contribution in [1.29, 1.82) is 0 Å². The van der Waals surface area contributed by atoms with Gasteiger partial charge in [0.05, 0.1) is 5.69 Å². The lowest BCUT2D eigenvalue weighted by Crippen LogP contribution is -2.26. The van der Waals surface area contributed by atoms with E-state index in [1.807, 2.05) is 30.1 Å². The molecular formula is C16H20FN3. The van der Waals surface area contributed by atoms with Crippen molar-refractivity contribution >= 4 is 0 Å². The first kappa shape index (κ1) is 13.3. The van der Waals surface area contributed by atoms with Crippen LogP contribution >= 0.6 is 0 Å². The summed E-state index contributed by atoms with van der Waals surface area (Å²) in [7, 11) is 1.93. The summed E-state index contributed by atoms with van der Waals surface area (Å²) >= 11 is 0. The van der Waals surface area contributed by atoms with E-state index in [1.165, 1.54) is 6.07 Å². The average molecular weight is 273 g/mol. The predicted molar refractivity (Wildman–Crippen MR) is 76.8 cm³/mol. The number of aromatic nitrogens is 2. The van der Waals surface area contributed by atoms with Gasteiger partial charge in [-0.05, 0) is 48.9 Å². The quantitative estimate of drug-likeness (QED) is 0.928. The Balaban J connectivity index is 1.54. The molecule has 1 fully saturated rings. The molecule has 3 nitrogen and oxygen atoms in total. The number of aryl methyl sites for hydroxylation is 1. The topological polar surface area (TPSA) is 29.9 Å². The lowest BCUT2D eigenvalue weighted by Gasteiger charge is -2.13. The third-order valence-electron chi connectivity index (χ3n) is 4.09. The third kappa shape index (κ3) is 3.07. The number of benzene rings is 1. The zero-order chi connectivity index (χ0) is 13.9. The highest BCUT2D eigenvalue weighted by Gasteiger charge is 2.25. The summed E-state index contributed by atoms with van der Waals surface area (Å²) < 4.78 is 15.1. The first-order valence-electron chi connectivity index (χ1n) is 7.18. The van der Waals surface area contributed by atoms with Gasteiger partial charge in [0.15, 0.2) is 0 Å². The van der Waals surface area contributed by atoms with E-state index >= 15 is 0 Å². The van der Waals surface area contributed by atoms with Crippen LogP contribution in [0.15, 0.2) is 36.5 Å². The van der Waals surface area contributed by atoms with Gasteiger partial charge in [-0.2, -0.15) is 5.10 Å². The summed E-state index contributed by atoms with van der Waals surface area (Å²) in [5.41, 5.74) is 2.20. The second-order valence-corrected chi connectivity index (χ2v) is 5.62. The fourth-order valence-corrected chi connectivity index (χ4v) is 3.04. The Bertz CT molecular complexity index is 579. The van der Waals surface area contributed by atoms with Crippen LogP contribution in [0.5, 0.6) is 0 Å². The highest BCUT2D eigenvalue weighted by Crippen LogP contribution is 2.34. The van der Waals surface area contributed by atoms with Gasteiger partial charge in [0.25, 0.3) is 0 Å². The fraction of sp³-hybridized carbons (Fsp3) is 0.438. The number of halogens is 1. The number of hydrogen-bond acceptors (Lipinski definition) is 2. The van der Waals surface area contributed by atoms with E-state index in [4.69, 9.17) is 0 Å². The fourth-order valence-electron chi connectivity index (χ4n) is 3.04. The molecule has 1 aliphatic carbocycles. The molecule has 2 aromatic rings. The van der Waals surface area contributed by atoms with Gasteiger partial charge in [-0.3, -0.25) is 4.68 Å². The van der Waals surface area contributed by atoms with E-state index in [2.05, 4.69) is 10.4 Å². The number of hydrogen-bond donors (Lipinski definition) is 1. The van der Waals surface area contributed by atoms with Crippen LogP contribution < -0.4 is 5.32 Å². The second-order valence-electron chi connectivity index (χ2n) is 5.62. The minimum Gasteiger partial charge on any atom is -0.308 e. The number of nitrogens with one attached hydrogen (secondary N) is 1. The van der Waals surface area contributed by atoms with E-state index in [0.29, 0.717) is 12.0 Å². The van der Waals surface area contributed by atoms with Crippen molar-refractivity contribution in [3.05, 3.63) is 53.6 Å². The van der Waals surface area contributed by atoms with Crippen LogP contribution in [0.2, 0.25) is 0 Å². The highest BCUT2D eigenvalue weighted by molar-refractivity contribution is 5.22. The van der Waals surface area contributed by atoms with E-state index in [0.717, 1.165) is 37.1 Å². The Morgan fingerprint density at radius 2 is 2.25 bits per heavy atom. The molecule has 1 N–H and O–H groups in total. The molecule has 0 bridgehead atoms. The predicted octanol–water partition coefficient (Wildman–Crippen LogP) is 2.99. The van der Waals surface area contributed by atoms with Crippen molar-refractivity contribution < 1.29 is 4.39 Å². The van der Waals surface area contributed by atoms with Gasteiger partial charge in [0, 0.05) is 25.8 Å². The summed E-state index contributed by atoms with van der Waals surface area (Å²) in [5, 5.41) is 7.92. The molecule has 4 heteroatoms. The van der Waals surface area contributed by atoms with Crippen LogP contribution in [0, 0.1) is 5.82 Å². The van der Waals surface area contributed by atoms with Gasteiger partial charge in [0.1, 0.15) is 5.82 Å². The van der Waals surface area contributed by atoms with E-state index in [-0.39, 0.29) is 5.82 Å². The number of nitrogens with zero attached hydrogens (tertiary/aromatic N) is 2. The van der Waals surface area contributed by atoms with Gasteiger partial charge < -0.3 is 5.32 Å². The maximum absolute atomic E-state index is 13.3. The average Bonchev–Trinajstić information content (AvgIpc) is 3.05. The van der Waals surface area contributed by atoms with Crippen molar-refractivity contribution in [1.82, 2.24) is 15.1 Å². The Kier molecular flexibility index (Phi) is 3.83. The summed E-state index contributed by atoms with van der Waals surface area (Å²) in [5.74, 6) is 0.347. The normalized spacial score (nSPS) is 22.3. The monoisotopic (exact) mass is 273 g/mol.